The van der Waals surface area contributed by atoms with Crippen molar-refractivity contribution >= 4 is 0 Å². The summed E-state index contributed by atoms with van der Waals surface area (Å²) in [6.07, 6.45) is 3.31. The van der Waals surface area contributed by atoms with Gasteiger partial charge in [-0.2, -0.15) is 0 Å². The van der Waals surface area contributed by atoms with Crippen molar-refractivity contribution in [1.82, 2.24) is 15.0 Å². The topological polar surface area (TPSA) is 41.6 Å². The Morgan fingerprint density at radius 3 is 2.43 bits per heavy atom. The summed E-state index contributed by atoms with van der Waals surface area (Å²) in [5, 5.41) is 0. The van der Waals surface area contributed by atoms with Gasteiger partial charge in [0.05, 0.1) is 6.33 Å². The Labute approximate surface area is 123 Å². The predicted octanol–water partition coefficient (Wildman–Crippen LogP) is 2.60. The molecule has 0 unspecified atom stereocenters. The molecule has 1 N–H and O–H groups in total. The average Bonchev–Trinajstić information content (AvgIpc) is 3.00. The van der Waals surface area contributed by atoms with E-state index in [1.165, 1.54) is 0 Å². The fraction of sp³-hybridized carbons (Fsp3) is 0. The molecule has 3 heteroatoms. The maximum atomic E-state index is 4.19. The van der Waals surface area contributed by atoms with Crippen LogP contribution in [0, 0.1) is 23.7 Å². The van der Waals surface area contributed by atoms with E-state index in [4.69, 9.17) is 0 Å². The van der Waals surface area contributed by atoms with E-state index in [1.54, 1.807) is 12.5 Å². The minimum atomic E-state index is 0.641. The molecular weight excluding hydrogens is 258 g/mol. The van der Waals surface area contributed by atoms with Gasteiger partial charge in [0, 0.05) is 11.8 Å². The van der Waals surface area contributed by atoms with E-state index < -0.39 is 0 Å². The zero-order valence-corrected chi connectivity index (χ0v) is 11.2. The van der Waals surface area contributed by atoms with Gasteiger partial charge in [0.25, 0.3) is 0 Å². The third kappa shape index (κ3) is 3.37. The van der Waals surface area contributed by atoms with Crippen LogP contribution in [0.5, 0.6) is 0 Å². The maximum absolute atomic E-state index is 4.19. The van der Waals surface area contributed by atoms with E-state index in [0.717, 1.165) is 5.56 Å². The lowest BCUT2D eigenvalue weighted by Crippen LogP contribution is -1.83. The van der Waals surface area contributed by atoms with Gasteiger partial charge in [0.1, 0.15) is 17.1 Å². The van der Waals surface area contributed by atoms with Crippen molar-refractivity contribution in [3.05, 3.63) is 83.7 Å². The highest BCUT2D eigenvalue weighted by Gasteiger charge is 1.98. The van der Waals surface area contributed by atoms with Gasteiger partial charge in [0.2, 0.25) is 0 Å². The number of aromatic nitrogens is 3. The average molecular weight is 269 g/mol. The van der Waals surface area contributed by atoms with E-state index in [-0.39, 0.29) is 0 Å². The Kier molecular flexibility index (Phi) is 3.77. The van der Waals surface area contributed by atoms with Crippen LogP contribution in [-0.2, 0) is 0 Å². The third-order valence-electron chi connectivity index (χ3n) is 2.72. The van der Waals surface area contributed by atoms with Crippen molar-refractivity contribution in [2.45, 2.75) is 0 Å². The van der Waals surface area contributed by atoms with Crippen LogP contribution < -0.4 is 0 Å². The molecule has 0 fully saturated rings. The Morgan fingerprint density at radius 2 is 1.62 bits per heavy atom. The first-order valence-electron chi connectivity index (χ1n) is 6.45. The van der Waals surface area contributed by atoms with Gasteiger partial charge in [-0.1, -0.05) is 30.2 Å². The molecule has 0 aliphatic heterocycles. The molecule has 0 atom stereocenters. The molecule has 0 bridgehead atoms. The molecule has 3 nitrogen and oxygen atoms in total. The van der Waals surface area contributed by atoms with Gasteiger partial charge in [0.15, 0.2) is 0 Å². The fourth-order valence-corrected chi connectivity index (χ4v) is 1.70. The first-order valence-corrected chi connectivity index (χ1v) is 6.45. The normalized spacial score (nSPS) is 9.14. The van der Waals surface area contributed by atoms with Crippen LogP contribution in [0.3, 0.4) is 0 Å². The Hall–Kier alpha value is -3.30. The summed E-state index contributed by atoms with van der Waals surface area (Å²) in [4.78, 5) is 11.3. The first kappa shape index (κ1) is 12.7. The van der Waals surface area contributed by atoms with Crippen LogP contribution in [-0.4, -0.2) is 15.0 Å². The number of nitrogens with zero attached hydrogens (tertiary/aromatic N) is 2. The molecule has 21 heavy (non-hydrogen) atoms. The smallest absolute Gasteiger partial charge is 0.147 e. The van der Waals surface area contributed by atoms with Gasteiger partial charge in [-0.25, -0.2) is 9.97 Å². The second-order valence-corrected chi connectivity index (χ2v) is 4.21. The summed E-state index contributed by atoms with van der Waals surface area (Å²) in [7, 11) is 0. The van der Waals surface area contributed by atoms with Gasteiger partial charge in [-0.3, -0.25) is 0 Å². The van der Waals surface area contributed by atoms with E-state index >= 15 is 0 Å². The molecule has 0 aliphatic carbocycles. The molecule has 1 aromatic carbocycles. The van der Waals surface area contributed by atoms with E-state index in [0.29, 0.717) is 17.1 Å². The quantitative estimate of drug-likeness (QED) is 0.637. The lowest BCUT2D eigenvalue weighted by molar-refractivity contribution is 1.28. The molecular formula is C18H11N3. The standard InChI is InChI=1S/C18H11N3/c1-2-6-15(7-3-1)9-11-17-18(21-14-20-17)12-10-16-8-4-5-13-19-16/h1-8,13-14H,(H,20,21). The molecule has 0 aliphatic rings. The highest BCUT2D eigenvalue weighted by Crippen LogP contribution is 2.01. The number of imidazole rings is 1. The van der Waals surface area contributed by atoms with Crippen molar-refractivity contribution in [3.63, 3.8) is 0 Å². The van der Waals surface area contributed by atoms with Crippen LogP contribution >= 0.6 is 0 Å². The zero-order valence-electron chi connectivity index (χ0n) is 11.2. The second-order valence-electron chi connectivity index (χ2n) is 4.21. The fourth-order valence-electron chi connectivity index (χ4n) is 1.70. The van der Waals surface area contributed by atoms with Crippen molar-refractivity contribution in [2.75, 3.05) is 0 Å². The number of aromatic amines is 1. The monoisotopic (exact) mass is 269 g/mol. The summed E-state index contributed by atoms with van der Waals surface area (Å²) in [5.41, 5.74) is 3.00. The van der Waals surface area contributed by atoms with Crippen LogP contribution in [0.25, 0.3) is 0 Å². The van der Waals surface area contributed by atoms with E-state index in [9.17, 15) is 0 Å². The Bertz CT molecular complexity index is 769. The summed E-state index contributed by atoms with van der Waals surface area (Å²) in [5.74, 6) is 12.1. The summed E-state index contributed by atoms with van der Waals surface area (Å²) < 4.78 is 0. The predicted molar refractivity (Wildman–Crippen MR) is 81.2 cm³/mol. The SMILES string of the molecule is C(#Cc1nc[nH]c1C#Cc1ccccn1)c1ccccc1. The van der Waals surface area contributed by atoms with Gasteiger partial charge in [-0.05, 0) is 42.0 Å². The Morgan fingerprint density at radius 1 is 0.762 bits per heavy atom. The lowest BCUT2D eigenvalue weighted by atomic mass is 10.2. The maximum Gasteiger partial charge on any atom is 0.147 e. The van der Waals surface area contributed by atoms with E-state index in [2.05, 4.69) is 38.6 Å². The largest absolute Gasteiger partial charge is 0.337 e. The van der Waals surface area contributed by atoms with Gasteiger partial charge in [-0.15, -0.1) is 0 Å². The number of rotatable bonds is 0. The minimum Gasteiger partial charge on any atom is -0.337 e. The number of H-pyrrole nitrogens is 1. The molecule has 0 amide bonds. The number of hydrogen-bond acceptors (Lipinski definition) is 2. The summed E-state index contributed by atoms with van der Waals surface area (Å²) in [6, 6.07) is 15.4. The first-order chi connectivity index (χ1) is 10.4. The van der Waals surface area contributed by atoms with E-state index in [1.807, 2.05) is 48.5 Å². The zero-order chi connectivity index (χ0) is 14.3. The molecule has 3 aromatic rings. The second kappa shape index (κ2) is 6.23. The molecule has 3 rings (SSSR count). The summed E-state index contributed by atoms with van der Waals surface area (Å²) in [6.45, 7) is 0. The molecule has 2 aromatic heterocycles. The van der Waals surface area contributed by atoms with Crippen LogP contribution in [0.1, 0.15) is 22.6 Å². The van der Waals surface area contributed by atoms with Gasteiger partial charge >= 0.3 is 0 Å². The third-order valence-corrected chi connectivity index (χ3v) is 2.72. The van der Waals surface area contributed by atoms with Crippen LogP contribution in [0.4, 0.5) is 0 Å². The van der Waals surface area contributed by atoms with Crippen LogP contribution in [0.15, 0.2) is 61.1 Å². The number of benzene rings is 1. The summed E-state index contributed by atoms with van der Waals surface area (Å²) >= 11 is 0. The highest BCUT2D eigenvalue weighted by atomic mass is 14.9. The van der Waals surface area contributed by atoms with Crippen molar-refractivity contribution in [2.24, 2.45) is 0 Å². The minimum absolute atomic E-state index is 0.641. The Balaban J connectivity index is 1.86. The number of hydrogen-bond donors (Lipinski definition) is 1. The molecule has 2 heterocycles. The lowest BCUT2D eigenvalue weighted by Gasteiger charge is -1.88. The van der Waals surface area contributed by atoms with Crippen LogP contribution in [0.2, 0.25) is 0 Å². The molecule has 98 valence electrons. The number of nitrogens with one attached hydrogen (secondary N) is 1. The van der Waals surface area contributed by atoms with Crippen molar-refractivity contribution in [3.8, 4) is 23.7 Å². The molecule has 0 saturated carbocycles. The van der Waals surface area contributed by atoms with Crippen molar-refractivity contribution < 1.29 is 0 Å². The molecule has 0 radical (unpaired) electrons. The molecule has 0 spiro atoms. The molecule has 0 saturated heterocycles. The number of pyridine rings is 1. The van der Waals surface area contributed by atoms with Crippen molar-refractivity contribution in [1.29, 1.82) is 0 Å². The van der Waals surface area contributed by atoms with Gasteiger partial charge < -0.3 is 4.98 Å². The highest BCUT2D eigenvalue weighted by molar-refractivity contribution is 5.47.